The summed E-state index contributed by atoms with van der Waals surface area (Å²) in [5, 5.41) is 87.7. The highest BCUT2D eigenvalue weighted by atomic mass is 16.7. The van der Waals surface area contributed by atoms with Gasteiger partial charge in [0.05, 0.1) is 32.0 Å². The topological polar surface area (TPSA) is 228 Å². The molecule has 2 saturated heterocycles. The number of amides is 1. The van der Waals surface area contributed by atoms with Crippen LogP contribution in [0.4, 0.5) is 0 Å². The van der Waals surface area contributed by atoms with Gasteiger partial charge in [-0.2, -0.15) is 0 Å². The normalized spacial score (nSPS) is 22.4. The molecule has 9 N–H and O–H groups in total. The standard InChI is InChI=1S/C83H153NO13/c1-3-5-7-9-11-13-15-17-19-21-23-25-27-29-31-33-35-37-38-40-42-44-46-48-50-52-54-56-58-60-62-64-66-72(87)71(70-94-82-80(93)78(91)81(74(69-86)96-82)97-83-79(92)77(90)76(89)73(68-85)95-83)84-75(88)67-65-63-61-59-57-55-53-51-49-47-45-43-41-39-36-34-32-30-28-26-24-22-20-18-16-14-12-10-8-6-4-2/h6,8,12,14,18,20,24,26,64,66,71-74,76-83,85-87,89-93H,3-5,7,9-11,13,15-17,19,21-23,25,27-63,65,67-70H2,1-2H3,(H,84,88)/b8-6-,14-12-,20-18-,26-24-,66-64+. The number of hydrogen-bond acceptors (Lipinski definition) is 13. The van der Waals surface area contributed by atoms with Crippen LogP contribution in [0.15, 0.2) is 60.8 Å². The van der Waals surface area contributed by atoms with E-state index < -0.39 is 86.8 Å². The summed E-state index contributed by atoms with van der Waals surface area (Å²) >= 11 is 0. The van der Waals surface area contributed by atoms with E-state index in [1.54, 1.807) is 6.08 Å². The van der Waals surface area contributed by atoms with E-state index in [0.29, 0.717) is 6.42 Å². The third-order valence-electron chi connectivity index (χ3n) is 20.0. The third-order valence-corrected chi connectivity index (χ3v) is 20.0. The summed E-state index contributed by atoms with van der Waals surface area (Å²) in [5.41, 5.74) is 0. The third kappa shape index (κ3) is 49.9. The molecule has 0 aliphatic carbocycles. The number of aliphatic hydroxyl groups excluding tert-OH is 8. The highest BCUT2D eigenvalue weighted by molar-refractivity contribution is 5.76. The Morgan fingerprint density at radius 3 is 1.09 bits per heavy atom. The van der Waals surface area contributed by atoms with Crippen LogP contribution >= 0.6 is 0 Å². The van der Waals surface area contributed by atoms with Crippen molar-refractivity contribution in [3.63, 3.8) is 0 Å². The summed E-state index contributed by atoms with van der Waals surface area (Å²) in [5.74, 6) is -0.234. The molecule has 0 bridgehead atoms. The molecule has 568 valence electrons. The van der Waals surface area contributed by atoms with Gasteiger partial charge in [-0.05, 0) is 57.8 Å². The van der Waals surface area contributed by atoms with Gasteiger partial charge in [0, 0.05) is 6.42 Å². The lowest BCUT2D eigenvalue weighted by Crippen LogP contribution is -2.65. The number of carbonyl (C=O) groups excluding carboxylic acids is 1. The van der Waals surface area contributed by atoms with Crippen molar-refractivity contribution in [3.05, 3.63) is 60.8 Å². The lowest BCUT2D eigenvalue weighted by atomic mass is 9.97. The van der Waals surface area contributed by atoms with E-state index in [9.17, 15) is 45.6 Å². The van der Waals surface area contributed by atoms with Crippen molar-refractivity contribution in [2.75, 3.05) is 19.8 Å². The molecule has 0 saturated carbocycles. The fourth-order valence-corrected chi connectivity index (χ4v) is 13.5. The van der Waals surface area contributed by atoms with Crippen molar-refractivity contribution in [2.45, 2.75) is 441 Å². The first-order valence-electron chi connectivity index (χ1n) is 41.0. The lowest BCUT2D eigenvalue weighted by Gasteiger charge is -2.46. The van der Waals surface area contributed by atoms with Crippen LogP contribution in [0.3, 0.4) is 0 Å². The Morgan fingerprint density at radius 2 is 0.711 bits per heavy atom. The van der Waals surface area contributed by atoms with Crippen LogP contribution in [0.5, 0.6) is 0 Å². The number of ether oxygens (including phenoxy) is 4. The van der Waals surface area contributed by atoms with Crippen LogP contribution in [0, 0.1) is 0 Å². The Hall–Kier alpha value is -2.31. The first-order valence-corrected chi connectivity index (χ1v) is 41.0. The van der Waals surface area contributed by atoms with Gasteiger partial charge < -0.3 is 65.1 Å². The maximum atomic E-state index is 13.4. The molecular weight excluding hydrogens is 1220 g/mol. The highest BCUT2D eigenvalue weighted by Crippen LogP contribution is 2.30. The fourth-order valence-electron chi connectivity index (χ4n) is 13.5. The van der Waals surface area contributed by atoms with Gasteiger partial charge in [-0.1, -0.05) is 364 Å². The molecule has 2 heterocycles. The lowest BCUT2D eigenvalue weighted by molar-refractivity contribution is -0.359. The van der Waals surface area contributed by atoms with Crippen molar-refractivity contribution < 1.29 is 64.6 Å². The van der Waals surface area contributed by atoms with Gasteiger partial charge in [0.15, 0.2) is 12.6 Å². The Bertz CT molecular complexity index is 1860. The predicted octanol–water partition coefficient (Wildman–Crippen LogP) is 18.7. The molecule has 0 spiro atoms. The maximum absolute atomic E-state index is 13.4. The van der Waals surface area contributed by atoms with E-state index >= 15 is 0 Å². The van der Waals surface area contributed by atoms with Gasteiger partial charge in [0.25, 0.3) is 0 Å². The number of hydrogen-bond donors (Lipinski definition) is 9. The molecule has 2 aliphatic heterocycles. The molecule has 14 nitrogen and oxygen atoms in total. The molecule has 0 radical (unpaired) electrons. The SMILES string of the molecule is CC/C=C\C/C=C\C/C=C\C/C=C\CCCCCCCCCCCCCCCCCCCCC(=O)NC(COC1OC(CO)C(OC2OC(CO)C(O)C(O)C2O)C(O)C1O)C(O)/C=C/CCCCCCCCCCCCCCCCCCCCCCCCCCCCCCCC. The smallest absolute Gasteiger partial charge is 0.220 e. The summed E-state index contributed by atoms with van der Waals surface area (Å²) in [7, 11) is 0. The van der Waals surface area contributed by atoms with Crippen molar-refractivity contribution >= 4 is 5.91 Å². The molecule has 0 aromatic rings. The molecule has 2 fully saturated rings. The Morgan fingerprint density at radius 1 is 0.381 bits per heavy atom. The van der Waals surface area contributed by atoms with E-state index in [4.69, 9.17) is 18.9 Å². The molecule has 1 amide bonds. The first kappa shape index (κ1) is 90.8. The molecule has 0 aromatic heterocycles. The van der Waals surface area contributed by atoms with Crippen LogP contribution in [-0.4, -0.2) is 140 Å². The Kier molecular flexibility index (Phi) is 62.6. The number of aliphatic hydroxyl groups is 8. The minimum Gasteiger partial charge on any atom is -0.394 e. The van der Waals surface area contributed by atoms with E-state index in [-0.39, 0.29) is 18.9 Å². The van der Waals surface area contributed by atoms with Crippen LogP contribution in [0.25, 0.3) is 0 Å². The summed E-state index contributed by atoms with van der Waals surface area (Å²) in [6, 6.07) is -0.918. The quantitative estimate of drug-likeness (QED) is 0.0204. The second kappa shape index (κ2) is 66.9. The van der Waals surface area contributed by atoms with Gasteiger partial charge in [-0.3, -0.25) is 4.79 Å². The monoisotopic (exact) mass is 1370 g/mol. The van der Waals surface area contributed by atoms with Crippen molar-refractivity contribution in [1.29, 1.82) is 0 Å². The molecule has 97 heavy (non-hydrogen) atoms. The zero-order valence-corrected chi connectivity index (χ0v) is 62.3. The van der Waals surface area contributed by atoms with E-state index in [2.05, 4.69) is 67.8 Å². The number of carbonyl (C=O) groups is 1. The largest absolute Gasteiger partial charge is 0.394 e. The van der Waals surface area contributed by atoms with Gasteiger partial charge in [0.1, 0.15) is 48.8 Å². The Labute approximate surface area is 594 Å². The minimum absolute atomic E-state index is 0.234. The van der Waals surface area contributed by atoms with Crippen LogP contribution in [0.1, 0.15) is 367 Å². The molecule has 12 unspecified atom stereocenters. The first-order chi connectivity index (χ1) is 47.6. The van der Waals surface area contributed by atoms with Crippen LogP contribution in [-0.2, 0) is 23.7 Å². The molecule has 12 atom stereocenters. The number of rotatable bonds is 69. The number of allylic oxidation sites excluding steroid dienone is 9. The molecule has 2 rings (SSSR count). The van der Waals surface area contributed by atoms with E-state index in [1.165, 1.54) is 276 Å². The highest BCUT2D eigenvalue weighted by Gasteiger charge is 2.51. The van der Waals surface area contributed by atoms with Gasteiger partial charge in [-0.15, -0.1) is 0 Å². The summed E-state index contributed by atoms with van der Waals surface area (Å²) in [6.45, 7) is 2.75. The second-order valence-corrected chi connectivity index (χ2v) is 28.9. The van der Waals surface area contributed by atoms with Crippen LogP contribution in [0.2, 0.25) is 0 Å². The number of unbranched alkanes of at least 4 members (excludes halogenated alkanes) is 48. The predicted molar refractivity (Wildman–Crippen MR) is 401 cm³/mol. The average Bonchev–Trinajstić information content (AvgIpc) is 0.794. The molecular formula is C83H153NO13. The maximum Gasteiger partial charge on any atom is 0.220 e. The van der Waals surface area contributed by atoms with Crippen molar-refractivity contribution in [3.8, 4) is 0 Å². The molecule has 2 aliphatic rings. The Balaban J connectivity index is 1.61. The van der Waals surface area contributed by atoms with Gasteiger partial charge in [0.2, 0.25) is 5.91 Å². The second-order valence-electron chi connectivity index (χ2n) is 28.9. The minimum atomic E-state index is -1.79. The van der Waals surface area contributed by atoms with Crippen molar-refractivity contribution in [1.82, 2.24) is 5.32 Å². The summed E-state index contributed by atoms with van der Waals surface area (Å²) in [6.07, 6.45) is 74.5. The van der Waals surface area contributed by atoms with Crippen LogP contribution < -0.4 is 5.32 Å². The van der Waals surface area contributed by atoms with Gasteiger partial charge >= 0.3 is 0 Å². The zero-order chi connectivity index (χ0) is 70.1. The summed E-state index contributed by atoms with van der Waals surface area (Å²) in [4.78, 5) is 13.4. The molecule has 0 aromatic carbocycles. The van der Waals surface area contributed by atoms with E-state index in [0.717, 1.165) is 64.2 Å². The fraction of sp³-hybridized carbons (Fsp3) is 0.867. The summed E-state index contributed by atoms with van der Waals surface area (Å²) < 4.78 is 22.9. The van der Waals surface area contributed by atoms with Gasteiger partial charge in [-0.25, -0.2) is 0 Å². The zero-order valence-electron chi connectivity index (χ0n) is 62.3. The van der Waals surface area contributed by atoms with E-state index in [1.807, 2.05) is 6.08 Å². The number of nitrogens with one attached hydrogen (secondary N) is 1. The van der Waals surface area contributed by atoms with Crippen molar-refractivity contribution in [2.24, 2.45) is 0 Å². The average molecular weight is 1370 g/mol. The molecule has 14 heteroatoms.